The van der Waals surface area contributed by atoms with Crippen molar-refractivity contribution in [3.63, 3.8) is 0 Å². The fourth-order valence-electron chi connectivity index (χ4n) is 3.37. The van der Waals surface area contributed by atoms with E-state index in [1.165, 1.54) is 37.4 Å². The number of hydrogen-bond acceptors (Lipinski definition) is 4. The number of nitrogens with one attached hydrogen (secondary N) is 1. The molecule has 0 aliphatic heterocycles. The molecule has 0 saturated heterocycles. The zero-order chi connectivity index (χ0) is 25.2. The minimum atomic E-state index is -4.65. The molecule has 1 aromatic heterocycles. The van der Waals surface area contributed by atoms with E-state index in [9.17, 15) is 22.8 Å². The fraction of sp³-hybridized carbons (Fsp3) is 0.0800. The Morgan fingerprint density at radius 3 is 2.31 bits per heavy atom. The number of para-hydroxylation sites is 1. The number of ether oxygens (including phenoxy) is 1. The van der Waals surface area contributed by atoms with Crippen LogP contribution in [0, 0.1) is 0 Å². The smallest absolute Gasteiger partial charge is 0.435 e. The van der Waals surface area contributed by atoms with Crippen LogP contribution in [0.3, 0.4) is 0 Å². The zero-order valence-electron chi connectivity index (χ0n) is 18.1. The summed E-state index contributed by atoms with van der Waals surface area (Å²) in [5.41, 5.74) is 0.687. The molecule has 4 rings (SSSR count). The van der Waals surface area contributed by atoms with Gasteiger partial charge in [0, 0.05) is 16.8 Å². The van der Waals surface area contributed by atoms with Crippen molar-refractivity contribution >= 4 is 29.2 Å². The van der Waals surface area contributed by atoms with E-state index in [4.69, 9.17) is 11.6 Å². The van der Waals surface area contributed by atoms with Gasteiger partial charge in [-0.3, -0.25) is 4.79 Å². The van der Waals surface area contributed by atoms with Crippen LogP contribution in [0.5, 0.6) is 0 Å². The van der Waals surface area contributed by atoms with Crippen LogP contribution in [-0.2, 0) is 10.9 Å². The van der Waals surface area contributed by atoms with E-state index in [0.29, 0.717) is 11.3 Å². The molecule has 10 heteroatoms. The second kappa shape index (κ2) is 9.63. The van der Waals surface area contributed by atoms with Gasteiger partial charge in [0.2, 0.25) is 0 Å². The molecule has 0 aliphatic carbocycles. The highest BCUT2D eigenvalue weighted by atomic mass is 35.5. The maximum absolute atomic E-state index is 13.4. The predicted molar refractivity (Wildman–Crippen MR) is 125 cm³/mol. The second-order valence-corrected chi connectivity index (χ2v) is 7.79. The molecule has 0 fully saturated rings. The van der Waals surface area contributed by atoms with Crippen molar-refractivity contribution in [1.82, 2.24) is 9.78 Å². The zero-order valence-corrected chi connectivity index (χ0v) is 18.9. The SMILES string of the molecule is COC(=O)c1cccc(NC(=O)c2ccc(-c3cc(C(F)(F)F)nn3-c3ccccc3Cl)cc2)c1. The van der Waals surface area contributed by atoms with Crippen molar-refractivity contribution in [3.8, 4) is 16.9 Å². The van der Waals surface area contributed by atoms with E-state index in [-0.39, 0.29) is 27.5 Å². The molecular formula is C25H17ClF3N3O3. The number of nitrogens with zero attached hydrogens (tertiary/aromatic N) is 2. The Kier molecular flexibility index (Phi) is 6.61. The first-order chi connectivity index (χ1) is 16.7. The number of carbonyl (C=O) groups is 2. The van der Waals surface area contributed by atoms with Gasteiger partial charge in [-0.1, -0.05) is 41.9 Å². The highest BCUT2D eigenvalue weighted by Crippen LogP contribution is 2.34. The molecule has 0 unspecified atom stereocenters. The molecule has 0 atom stereocenters. The Hall–Kier alpha value is -4.11. The molecule has 6 nitrogen and oxygen atoms in total. The summed E-state index contributed by atoms with van der Waals surface area (Å²) in [7, 11) is 1.25. The van der Waals surface area contributed by atoms with E-state index in [1.54, 1.807) is 42.5 Å². The van der Waals surface area contributed by atoms with Crippen molar-refractivity contribution in [2.24, 2.45) is 0 Å². The quantitative estimate of drug-likeness (QED) is 0.329. The highest BCUT2D eigenvalue weighted by molar-refractivity contribution is 6.32. The van der Waals surface area contributed by atoms with Crippen LogP contribution in [0.15, 0.2) is 78.9 Å². The Bertz CT molecular complexity index is 1400. The average Bonchev–Trinajstić information content (AvgIpc) is 3.30. The number of amides is 1. The first kappa shape index (κ1) is 24.0. The van der Waals surface area contributed by atoms with Crippen molar-refractivity contribution in [2.75, 3.05) is 12.4 Å². The van der Waals surface area contributed by atoms with Crippen LogP contribution in [0.2, 0.25) is 5.02 Å². The lowest BCUT2D eigenvalue weighted by Gasteiger charge is -2.10. The van der Waals surface area contributed by atoms with Crippen LogP contribution in [0.1, 0.15) is 26.4 Å². The molecule has 3 aromatic carbocycles. The number of benzene rings is 3. The van der Waals surface area contributed by atoms with Gasteiger partial charge in [-0.15, -0.1) is 0 Å². The lowest BCUT2D eigenvalue weighted by Crippen LogP contribution is -2.12. The van der Waals surface area contributed by atoms with E-state index < -0.39 is 23.7 Å². The standard InChI is InChI=1S/C25H17ClF3N3O3/c1-35-24(34)17-5-4-6-18(13-17)30-23(33)16-11-9-15(10-12-16)21-14-22(25(27,28)29)31-32(21)20-8-3-2-7-19(20)26/h2-14H,1H3,(H,30,33). The van der Waals surface area contributed by atoms with E-state index >= 15 is 0 Å². The summed E-state index contributed by atoms with van der Waals surface area (Å²) < 4.78 is 46.0. The van der Waals surface area contributed by atoms with Crippen LogP contribution in [0.25, 0.3) is 16.9 Å². The minimum absolute atomic E-state index is 0.156. The predicted octanol–water partition coefficient (Wildman–Crippen LogP) is 6.25. The largest absolute Gasteiger partial charge is 0.465 e. The molecule has 0 bridgehead atoms. The average molecular weight is 500 g/mol. The first-order valence-corrected chi connectivity index (χ1v) is 10.6. The molecule has 0 aliphatic rings. The van der Waals surface area contributed by atoms with Crippen LogP contribution >= 0.6 is 11.6 Å². The third kappa shape index (κ3) is 5.20. The van der Waals surface area contributed by atoms with Gasteiger partial charge in [0.15, 0.2) is 5.69 Å². The number of methoxy groups -OCH3 is 1. The van der Waals surface area contributed by atoms with Gasteiger partial charge in [0.25, 0.3) is 5.91 Å². The number of esters is 1. The summed E-state index contributed by atoms with van der Waals surface area (Å²) in [4.78, 5) is 24.4. The molecular weight excluding hydrogens is 483 g/mol. The number of carbonyl (C=O) groups excluding carboxylic acids is 2. The summed E-state index contributed by atoms with van der Waals surface area (Å²) in [6.45, 7) is 0. The lowest BCUT2D eigenvalue weighted by atomic mass is 10.1. The Labute approximate surface area is 202 Å². The minimum Gasteiger partial charge on any atom is -0.465 e. The topological polar surface area (TPSA) is 73.2 Å². The van der Waals surface area contributed by atoms with Crippen LogP contribution in [-0.4, -0.2) is 28.8 Å². The first-order valence-electron chi connectivity index (χ1n) is 10.2. The summed E-state index contributed by atoms with van der Waals surface area (Å²) in [6.07, 6.45) is -4.65. The normalized spacial score (nSPS) is 11.2. The highest BCUT2D eigenvalue weighted by Gasteiger charge is 2.35. The van der Waals surface area contributed by atoms with Crippen LogP contribution < -0.4 is 5.32 Å². The monoisotopic (exact) mass is 499 g/mol. The van der Waals surface area contributed by atoms with Gasteiger partial charge in [0.1, 0.15) is 0 Å². The van der Waals surface area contributed by atoms with Gasteiger partial charge >= 0.3 is 12.1 Å². The van der Waals surface area contributed by atoms with Gasteiger partial charge in [0.05, 0.1) is 29.1 Å². The molecule has 0 radical (unpaired) electrons. The maximum Gasteiger partial charge on any atom is 0.435 e. The number of aromatic nitrogens is 2. The van der Waals surface area contributed by atoms with Gasteiger partial charge < -0.3 is 10.1 Å². The molecule has 0 spiro atoms. The Balaban J connectivity index is 1.64. The summed E-state index contributed by atoms with van der Waals surface area (Å²) in [5, 5.41) is 6.63. The summed E-state index contributed by atoms with van der Waals surface area (Å²) in [6, 6.07) is 19.6. The lowest BCUT2D eigenvalue weighted by molar-refractivity contribution is -0.141. The van der Waals surface area contributed by atoms with Gasteiger partial charge in [-0.2, -0.15) is 18.3 Å². The molecule has 35 heavy (non-hydrogen) atoms. The number of halogens is 4. The van der Waals surface area contributed by atoms with Crippen molar-refractivity contribution < 1.29 is 27.5 Å². The Morgan fingerprint density at radius 2 is 1.66 bits per heavy atom. The van der Waals surface area contributed by atoms with Crippen LogP contribution in [0.4, 0.5) is 18.9 Å². The van der Waals surface area contributed by atoms with E-state index in [1.807, 2.05) is 0 Å². The van der Waals surface area contributed by atoms with Crippen molar-refractivity contribution in [2.45, 2.75) is 6.18 Å². The van der Waals surface area contributed by atoms with Gasteiger partial charge in [-0.05, 0) is 48.5 Å². The number of hydrogen-bond donors (Lipinski definition) is 1. The summed E-state index contributed by atoms with van der Waals surface area (Å²) in [5.74, 6) is -1.01. The van der Waals surface area contributed by atoms with Crippen molar-refractivity contribution in [1.29, 1.82) is 0 Å². The third-order valence-electron chi connectivity index (χ3n) is 5.06. The third-order valence-corrected chi connectivity index (χ3v) is 5.38. The summed E-state index contributed by atoms with van der Waals surface area (Å²) >= 11 is 6.20. The van der Waals surface area contributed by atoms with Gasteiger partial charge in [-0.25, -0.2) is 9.48 Å². The number of anilines is 1. The molecule has 4 aromatic rings. The van der Waals surface area contributed by atoms with E-state index in [0.717, 1.165) is 10.7 Å². The van der Waals surface area contributed by atoms with Crippen molar-refractivity contribution in [3.05, 3.63) is 101 Å². The number of alkyl halides is 3. The molecule has 1 amide bonds. The second-order valence-electron chi connectivity index (χ2n) is 7.38. The fourth-order valence-corrected chi connectivity index (χ4v) is 3.59. The molecule has 1 heterocycles. The number of rotatable bonds is 5. The Morgan fingerprint density at radius 1 is 0.943 bits per heavy atom. The molecule has 1 N–H and O–H groups in total. The maximum atomic E-state index is 13.4. The molecule has 178 valence electrons. The molecule has 0 saturated carbocycles. The van der Waals surface area contributed by atoms with E-state index in [2.05, 4.69) is 15.2 Å².